The lowest BCUT2D eigenvalue weighted by molar-refractivity contribution is -0.144. The Bertz CT molecular complexity index is 647. The van der Waals surface area contributed by atoms with E-state index < -0.39 is 6.23 Å². The molecule has 4 atom stereocenters. The molecule has 0 bridgehead atoms. The fourth-order valence-corrected chi connectivity index (χ4v) is 7.58. The summed E-state index contributed by atoms with van der Waals surface area (Å²) in [6, 6.07) is 0.0769. The topological polar surface area (TPSA) is 52.6 Å². The van der Waals surface area contributed by atoms with Gasteiger partial charge in [0.15, 0.2) is 0 Å². The quantitative estimate of drug-likeness (QED) is 0.375. The monoisotopic (exact) mass is 464 g/mol. The normalized spacial score (nSPS) is 29.5. The summed E-state index contributed by atoms with van der Waals surface area (Å²) >= 11 is 0. The van der Waals surface area contributed by atoms with E-state index in [1.807, 2.05) is 4.90 Å². The lowest BCUT2D eigenvalue weighted by Gasteiger charge is -2.49. The van der Waals surface area contributed by atoms with Crippen LogP contribution >= 0.6 is 0 Å². The van der Waals surface area contributed by atoms with Gasteiger partial charge in [0.1, 0.15) is 6.23 Å². The van der Waals surface area contributed by atoms with Gasteiger partial charge in [-0.15, -0.1) is 0 Å². The highest BCUT2D eigenvalue weighted by atomic mass is 16.3. The molecule has 0 aromatic carbocycles. The van der Waals surface area contributed by atoms with E-state index in [-0.39, 0.29) is 45.7 Å². The minimum absolute atomic E-state index is 0.00545. The van der Waals surface area contributed by atoms with Gasteiger partial charge in [0.2, 0.25) is 5.91 Å². The predicted molar refractivity (Wildman–Crippen MR) is 140 cm³/mol. The van der Waals surface area contributed by atoms with E-state index in [9.17, 15) is 9.90 Å². The molecule has 33 heavy (non-hydrogen) atoms. The SMILES string of the molecule is CCC(CC1C(O)N(C2CC(C)(C)NC(C)(C)C2)C(=O)C1C(C)(CC)CC)C(C)(CC)CC. The Balaban J connectivity index is 2.50. The van der Waals surface area contributed by atoms with Crippen LogP contribution in [0.3, 0.4) is 0 Å². The first-order valence-electron chi connectivity index (χ1n) is 13.9. The van der Waals surface area contributed by atoms with Crippen LogP contribution in [0.1, 0.15) is 128 Å². The third-order valence-electron chi connectivity index (χ3n) is 10.2. The fraction of sp³-hybridized carbons (Fsp3) is 0.966. The molecule has 0 aliphatic carbocycles. The second-order valence-electron chi connectivity index (χ2n) is 13.3. The molecule has 2 N–H and O–H groups in total. The van der Waals surface area contributed by atoms with Crippen molar-refractivity contribution in [2.24, 2.45) is 28.6 Å². The molecule has 0 saturated carbocycles. The summed E-state index contributed by atoms with van der Waals surface area (Å²) < 4.78 is 0. The molecule has 2 aliphatic rings. The highest BCUT2D eigenvalue weighted by Crippen LogP contribution is 2.52. The molecule has 0 spiro atoms. The van der Waals surface area contributed by atoms with Crippen LogP contribution in [0.5, 0.6) is 0 Å². The van der Waals surface area contributed by atoms with E-state index in [1.165, 1.54) is 0 Å². The fourth-order valence-electron chi connectivity index (χ4n) is 7.58. The standard InChI is InChI=1S/C29H56N2O2/c1-12-20(28(10,13-2)14-3)17-22-23(29(11,15-4)16-5)25(33)31(24(22)32)21-18-26(6,7)30-27(8,9)19-21/h20-24,30,32H,12-19H2,1-11H3. The second-order valence-corrected chi connectivity index (χ2v) is 13.3. The molecule has 0 aromatic rings. The van der Waals surface area contributed by atoms with Gasteiger partial charge in [0, 0.05) is 23.0 Å². The number of likely N-dealkylation sites (tertiary alicyclic amines) is 1. The van der Waals surface area contributed by atoms with Gasteiger partial charge >= 0.3 is 0 Å². The van der Waals surface area contributed by atoms with Crippen LogP contribution in [-0.2, 0) is 4.79 Å². The van der Waals surface area contributed by atoms with Crippen molar-refractivity contribution in [3.8, 4) is 0 Å². The zero-order chi connectivity index (χ0) is 25.4. The summed E-state index contributed by atoms with van der Waals surface area (Å²) in [6.07, 6.45) is 7.35. The Kier molecular flexibility index (Phi) is 8.82. The Hall–Kier alpha value is -0.610. The van der Waals surface area contributed by atoms with E-state index in [0.717, 1.165) is 51.4 Å². The molecule has 1 amide bonds. The highest BCUT2D eigenvalue weighted by Gasteiger charge is 2.57. The average Bonchev–Trinajstić information content (AvgIpc) is 2.98. The predicted octanol–water partition coefficient (Wildman–Crippen LogP) is 6.76. The van der Waals surface area contributed by atoms with Crippen molar-refractivity contribution in [2.45, 2.75) is 151 Å². The number of piperidine rings is 1. The molecule has 2 saturated heterocycles. The number of nitrogens with one attached hydrogen (secondary N) is 1. The number of carbonyl (C=O) groups excluding carboxylic acids is 1. The summed E-state index contributed by atoms with van der Waals surface area (Å²) in [5.41, 5.74) is 0.0488. The van der Waals surface area contributed by atoms with Gasteiger partial charge in [0.25, 0.3) is 0 Å². The van der Waals surface area contributed by atoms with Crippen molar-refractivity contribution in [1.29, 1.82) is 0 Å². The van der Waals surface area contributed by atoms with Gasteiger partial charge in [0.05, 0.1) is 5.92 Å². The van der Waals surface area contributed by atoms with E-state index in [0.29, 0.717) is 5.92 Å². The average molecular weight is 465 g/mol. The molecular formula is C29H56N2O2. The van der Waals surface area contributed by atoms with E-state index in [2.05, 4.69) is 81.5 Å². The Morgan fingerprint density at radius 2 is 1.45 bits per heavy atom. The number of aliphatic hydroxyl groups is 1. The number of nitrogens with zero attached hydrogens (tertiary/aromatic N) is 1. The lowest BCUT2D eigenvalue weighted by atomic mass is 9.62. The highest BCUT2D eigenvalue weighted by molar-refractivity contribution is 5.83. The molecule has 2 rings (SSSR count). The number of hydrogen-bond donors (Lipinski definition) is 2. The van der Waals surface area contributed by atoms with E-state index in [4.69, 9.17) is 0 Å². The number of amides is 1. The maximum atomic E-state index is 14.2. The van der Waals surface area contributed by atoms with Gasteiger partial charge < -0.3 is 15.3 Å². The van der Waals surface area contributed by atoms with Gasteiger partial charge in [-0.2, -0.15) is 0 Å². The van der Waals surface area contributed by atoms with Crippen molar-refractivity contribution in [3.63, 3.8) is 0 Å². The van der Waals surface area contributed by atoms with Crippen LogP contribution in [0.15, 0.2) is 0 Å². The Morgan fingerprint density at radius 1 is 0.970 bits per heavy atom. The zero-order valence-electron chi connectivity index (χ0n) is 23.8. The third kappa shape index (κ3) is 5.63. The Morgan fingerprint density at radius 3 is 1.85 bits per heavy atom. The lowest BCUT2D eigenvalue weighted by Crippen LogP contribution is -2.63. The largest absolute Gasteiger partial charge is 0.373 e. The molecule has 2 fully saturated rings. The maximum absolute atomic E-state index is 14.2. The first-order valence-corrected chi connectivity index (χ1v) is 13.9. The third-order valence-corrected chi connectivity index (χ3v) is 10.2. The second kappa shape index (κ2) is 10.2. The summed E-state index contributed by atoms with van der Waals surface area (Å²) in [5, 5.41) is 15.6. The molecule has 0 radical (unpaired) electrons. The minimum atomic E-state index is -0.679. The zero-order valence-corrected chi connectivity index (χ0v) is 23.8. The number of carbonyl (C=O) groups is 1. The van der Waals surface area contributed by atoms with Crippen LogP contribution in [0.2, 0.25) is 0 Å². The van der Waals surface area contributed by atoms with Crippen LogP contribution in [-0.4, -0.2) is 39.3 Å². The molecule has 4 heteroatoms. The molecule has 2 heterocycles. The van der Waals surface area contributed by atoms with Crippen molar-refractivity contribution >= 4 is 5.91 Å². The van der Waals surface area contributed by atoms with Gasteiger partial charge in [-0.3, -0.25) is 4.79 Å². The van der Waals surface area contributed by atoms with Crippen molar-refractivity contribution in [3.05, 3.63) is 0 Å². The summed E-state index contributed by atoms with van der Waals surface area (Å²) in [5.74, 6) is 0.629. The number of rotatable bonds is 10. The summed E-state index contributed by atoms with van der Waals surface area (Å²) in [4.78, 5) is 16.2. The van der Waals surface area contributed by atoms with Crippen molar-refractivity contribution < 1.29 is 9.90 Å². The molecular weight excluding hydrogens is 408 g/mol. The molecule has 0 aromatic heterocycles. The molecule has 194 valence electrons. The maximum Gasteiger partial charge on any atom is 0.228 e. The van der Waals surface area contributed by atoms with Crippen molar-refractivity contribution in [1.82, 2.24) is 10.2 Å². The van der Waals surface area contributed by atoms with Crippen LogP contribution < -0.4 is 5.32 Å². The van der Waals surface area contributed by atoms with E-state index in [1.54, 1.807) is 0 Å². The Labute approximate surface area is 205 Å². The molecule has 2 aliphatic heterocycles. The van der Waals surface area contributed by atoms with E-state index >= 15 is 0 Å². The number of hydrogen-bond acceptors (Lipinski definition) is 3. The van der Waals surface area contributed by atoms with Crippen molar-refractivity contribution in [2.75, 3.05) is 0 Å². The van der Waals surface area contributed by atoms with Gasteiger partial charge in [-0.1, -0.05) is 67.7 Å². The van der Waals surface area contributed by atoms with Gasteiger partial charge in [-0.05, 0) is 76.5 Å². The first-order chi connectivity index (χ1) is 15.1. The molecule has 4 nitrogen and oxygen atoms in total. The van der Waals surface area contributed by atoms with Crippen LogP contribution in [0.25, 0.3) is 0 Å². The van der Waals surface area contributed by atoms with Crippen LogP contribution in [0, 0.1) is 28.6 Å². The molecule has 4 unspecified atom stereocenters. The number of aliphatic hydroxyl groups excluding tert-OH is 1. The smallest absolute Gasteiger partial charge is 0.228 e. The summed E-state index contributed by atoms with van der Waals surface area (Å²) in [6.45, 7) is 24.9. The van der Waals surface area contributed by atoms with Gasteiger partial charge in [-0.25, -0.2) is 0 Å². The van der Waals surface area contributed by atoms with Crippen LogP contribution in [0.4, 0.5) is 0 Å². The summed E-state index contributed by atoms with van der Waals surface area (Å²) in [7, 11) is 0. The first kappa shape index (κ1) is 28.6. The minimum Gasteiger partial charge on any atom is -0.373 e.